The summed E-state index contributed by atoms with van der Waals surface area (Å²) in [4.78, 5) is 38.0. The maximum atomic E-state index is 12.8. The molecule has 0 N–H and O–H groups in total. The van der Waals surface area contributed by atoms with Crippen molar-refractivity contribution in [3.63, 3.8) is 0 Å². The highest BCUT2D eigenvalue weighted by Crippen LogP contribution is 2.15. The van der Waals surface area contributed by atoms with E-state index in [1.807, 2.05) is 0 Å². The Kier molecular flexibility index (Phi) is 50.9. The van der Waals surface area contributed by atoms with Crippen LogP contribution in [0.3, 0.4) is 0 Å². The first-order chi connectivity index (χ1) is 32.0. The Morgan fingerprint density at radius 2 is 0.569 bits per heavy atom. The van der Waals surface area contributed by atoms with E-state index in [0.717, 1.165) is 70.6 Å². The number of rotatable bonds is 49. The van der Waals surface area contributed by atoms with Gasteiger partial charge in [0.15, 0.2) is 6.10 Å². The van der Waals surface area contributed by atoms with Crippen molar-refractivity contribution < 1.29 is 28.6 Å². The lowest BCUT2D eigenvalue weighted by atomic mass is 10.1. The van der Waals surface area contributed by atoms with Crippen molar-refractivity contribution in [3.05, 3.63) is 72.9 Å². The van der Waals surface area contributed by atoms with E-state index in [1.54, 1.807) is 0 Å². The van der Waals surface area contributed by atoms with E-state index >= 15 is 0 Å². The molecule has 0 aromatic heterocycles. The van der Waals surface area contributed by atoms with Crippen LogP contribution in [-0.4, -0.2) is 37.2 Å². The van der Waals surface area contributed by atoms with Gasteiger partial charge in [-0.05, 0) is 89.9 Å². The number of unbranched alkanes of at least 4 members (excludes halogenated alkanes) is 26. The van der Waals surface area contributed by atoms with Crippen LogP contribution < -0.4 is 0 Å². The maximum absolute atomic E-state index is 12.8. The molecule has 0 aromatic rings. The van der Waals surface area contributed by atoms with Crippen LogP contribution in [0.1, 0.15) is 265 Å². The summed E-state index contributed by atoms with van der Waals surface area (Å²) in [6.45, 7) is 6.54. The molecule has 0 bridgehead atoms. The van der Waals surface area contributed by atoms with E-state index < -0.39 is 6.10 Å². The Morgan fingerprint density at radius 1 is 0.308 bits per heavy atom. The van der Waals surface area contributed by atoms with Crippen LogP contribution in [-0.2, 0) is 28.6 Å². The quantitative estimate of drug-likeness (QED) is 0.0262. The molecule has 0 unspecified atom stereocenters. The van der Waals surface area contributed by atoms with Gasteiger partial charge >= 0.3 is 17.9 Å². The van der Waals surface area contributed by atoms with Gasteiger partial charge in [-0.15, -0.1) is 0 Å². The van der Waals surface area contributed by atoms with E-state index in [4.69, 9.17) is 14.2 Å². The topological polar surface area (TPSA) is 78.9 Å². The van der Waals surface area contributed by atoms with Crippen molar-refractivity contribution >= 4 is 17.9 Å². The molecule has 1 atom stereocenters. The van der Waals surface area contributed by atoms with Crippen molar-refractivity contribution in [1.29, 1.82) is 0 Å². The molecule has 0 aliphatic heterocycles. The third-order valence-corrected chi connectivity index (χ3v) is 11.7. The van der Waals surface area contributed by atoms with Crippen LogP contribution >= 0.6 is 0 Å². The fraction of sp³-hybridized carbons (Fsp3) is 0.746. The first-order valence-corrected chi connectivity index (χ1v) is 27.4. The summed E-state index contributed by atoms with van der Waals surface area (Å²) in [6.07, 6.45) is 67.5. The van der Waals surface area contributed by atoms with Gasteiger partial charge in [-0.25, -0.2) is 0 Å². The predicted octanol–water partition coefficient (Wildman–Crippen LogP) is 18.2. The minimum absolute atomic E-state index is 0.0966. The summed E-state index contributed by atoms with van der Waals surface area (Å²) in [5, 5.41) is 0. The van der Waals surface area contributed by atoms with Crippen LogP contribution in [0.2, 0.25) is 0 Å². The SMILES string of the molecule is CCCCC/C=C\C/C=C\C/C=C\C/C=C\CCCC(=O)O[C@H](COC(=O)CCCCCCCCCCC/C=C\C/C=C\CCCCC)COC(=O)CCCCCCCCCCCCC. The molecule has 0 spiro atoms. The second kappa shape index (κ2) is 53.5. The smallest absolute Gasteiger partial charge is 0.306 e. The van der Waals surface area contributed by atoms with Crippen LogP contribution in [0.25, 0.3) is 0 Å². The van der Waals surface area contributed by atoms with E-state index in [1.165, 1.54) is 148 Å². The highest BCUT2D eigenvalue weighted by molar-refractivity contribution is 5.71. The Morgan fingerprint density at radius 3 is 0.938 bits per heavy atom. The Bertz CT molecular complexity index is 1230. The second-order valence-corrected chi connectivity index (χ2v) is 18.1. The van der Waals surface area contributed by atoms with Gasteiger partial charge in [0, 0.05) is 19.3 Å². The highest BCUT2D eigenvalue weighted by atomic mass is 16.6. The standard InChI is InChI=1S/C59H102O6/c1-4-7-10-13-16-19-22-24-26-28-29-31-32-34-37-40-43-46-49-52-58(61)64-55-56(54-63-57(60)51-48-45-42-39-36-21-18-15-12-9-6-3)65-59(62)53-50-47-44-41-38-35-33-30-27-25-23-20-17-14-11-8-5-2/h16-17,19-20,24-27,33,35,41,44,56H,4-15,18,21-23,28-32,34,36-40,42-43,45-55H2,1-3H3/b19-16-,20-17-,26-24-,27-25-,35-33-,44-41-/t56-/m0/s1. The number of carbonyl (C=O) groups is 3. The molecule has 6 nitrogen and oxygen atoms in total. The first kappa shape index (κ1) is 61.9. The zero-order chi connectivity index (χ0) is 47.2. The van der Waals surface area contributed by atoms with Gasteiger partial charge in [0.1, 0.15) is 13.2 Å². The molecular weight excluding hydrogens is 805 g/mol. The molecule has 0 aliphatic rings. The molecule has 0 aliphatic carbocycles. The van der Waals surface area contributed by atoms with E-state index in [0.29, 0.717) is 19.3 Å². The minimum Gasteiger partial charge on any atom is -0.462 e. The number of esters is 3. The lowest BCUT2D eigenvalue weighted by Gasteiger charge is -2.18. The molecular formula is C59H102O6. The van der Waals surface area contributed by atoms with Gasteiger partial charge in [0.2, 0.25) is 0 Å². The summed E-state index contributed by atoms with van der Waals surface area (Å²) in [6, 6.07) is 0. The molecule has 6 heteroatoms. The van der Waals surface area contributed by atoms with Crippen molar-refractivity contribution in [3.8, 4) is 0 Å². The van der Waals surface area contributed by atoms with Crippen LogP contribution in [0, 0.1) is 0 Å². The molecule has 0 amide bonds. The summed E-state index contributed by atoms with van der Waals surface area (Å²) < 4.78 is 16.8. The Balaban J connectivity index is 4.42. The van der Waals surface area contributed by atoms with Crippen molar-refractivity contribution in [2.75, 3.05) is 13.2 Å². The maximum Gasteiger partial charge on any atom is 0.306 e. The number of carbonyl (C=O) groups excluding carboxylic acids is 3. The fourth-order valence-electron chi connectivity index (χ4n) is 7.52. The summed E-state index contributed by atoms with van der Waals surface area (Å²) in [7, 11) is 0. The normalized spacial score (nSPS) is 12.6. The molecule has 0 heterocycles. The monoisotopic (exact) mass is 907 g/mol. The second-order valence-electron chi connectivity index (χ2n) is 18.1. The summed E-state index contributed by atoms with van der Waals surface area (Å²) >= 11 is 0. The largest absolute Gasteiger partial charge is 0.462 e. The van der Waals surface area contributed by atoms with Crippen LogP contribution in [0.5, 0.6) is 0 Å². The van der Waals surface area contributed by atoms with Gasteiger partial charge in [0.25, 0.3) is 0 Å². The summed E-state index contributed by atoms with van der Waals surface area (Å²) in [5.41, 5.74) is 0. The van der Waals surface area contributed by atoms with E-state index in [-0.39, 0.29) is 37.5 Å². The number of hydrogen-bond acceptors (Lipinski definition) is 6. The molecule has 65 heavy (non-hydrogen) atoms. The van der Waals surface area contributed by atoms with Crippen molar-refractivity contribution in [2.45, 2.75) is 271 Å². The van der Waals surface area contributed by atoms with Crippen molar-refractivity contribution in [1.82, 2.24) is 0 Å². The Hall–Kier alpha value is -3.15. The Labute approximate surface area is 402 Å². The number of hydrogen-bond donors (Lipinski definition) is 0. The molecule has 0 saturated carbocycles. The fourth-order valence-corrected chi connectivity index (χ4v) is 7.52. The van der Waals surface area contributed by atoms with E-state index in [9.17, 15) is 14.4 Å². The third kappa shape index (κ3) is 51.7. The molecule has 0 fully saturated rings. The lowest BCUT2D eigenvalue weighted by Crippen LogP contribution is -2.30. The third-order valence-electron chi connectivity index (χ3n) is 11.7. The minimum atomic E-state index is -0.803. The predicted molar refractivity (Wildman–Crippen MR) is 279 cm³/mol. The lowest BCUT2D eigenvalue weighted by molar-refractivity contribution is -0.167. The average Bonchev–Trinajstić information content (AvgIpc) is 3.30. The average molecular weight is 907 g/mol. The number of allylic oxidation sites excluding steroid dienone is 12. The molecule has 0 radical (unpaired) electrons. The number of ether oxygens (including phenoxy) is 3. The van der Waals surface area contributed by atoms with Gasteiger partial charge < -0.3 is 14.2 Å². The zero-order valence-corrected chi connectivity index (χ0v) is 42.7. The molecule has 374 valence electrons. The van der Waals surface area contributed by atoms with E-state index in [2.05, 4.69) is 93.7 Å². The zero-order valence-electron chi connectivity index (χ0n) is 42.7. The van der Waals surface area contributed by atoms with Crippen molar-refractivity contribution in [2.24, 2.45) is 0 Å². The summed E-state index contributed by atoms with van der Waals surface area (Å²) in [5.74, 6) is -0.953. The molecule has 0 rings (SSSR count). The van der Waals surface area contributed by atoms with Crippen LogP contribution in [0.4, 0.5) is 0 Å². The molecule has 0 saturated heterocycles. The van der Waals surface area contributed by atoms with Gasteiger partial charge in [-0.1, -0.05) is 229 Å². The van der Waals surface area contributed by atoms with Gasteiger partial charge in [0.05, 0.1) is 0 Å². The van der Waals surface area contributed by atoms with Gasteiger partial charge in [-0.2, -0.15) is 0 Å². The first-order valence-electron chi connectivity index (χ1n) is 27.4. The van der Waals surface area contributed by atoms with Gasteiger partial charge in [-0.3, -0.25) is 14.4 Å². The van der Waals surface area contributed by atoms with Crippen LogP contribution in [0.15, 0.2) is 72.9 Å². The highest BCUT2D eigenvalue weighted by Gasteiger charge is 2.19. The molecule has 0 aromatic carbocycles.